The lowest BCUT2D eigenvalue weighted by molar-refractivity contribution is -0.116. The fraction of sp³-hybridized carbons (Fsp3) is 0.167. The van der Waals surface area contributed by atoms with Crippen LogP contribution in [0.25, 0.3) is 10.9 Å². The fourth-order valence-electron chi connectivity index (χ4n) is 2.44. The smallest absolute Gasteiger partial charge is 0.226 e. The third kappa shape index (κ3) is 3.46. The van der Waals surface area contributed by atoms with Crippen molar-refractivity contribution in [3.63, 3.8) is 0 Å². The number of rotatable bonds is 4. The SMILES string of the molecule is Cc1ccc(NC(=O)CCn2ncc(=O)c3ccccc32)cc1Cl. The van der Waals surface area contributed by atoms with Crippen LogP contribution in [0.15, 0.2) is 53.5 Å². The van der Waals surface area contributed by atoms with Gasteiger partial charge < -0.3 is 5.32 Å². The van der Waals surface area contributed by atoms with E-state index in [-0.39, 0.29) is 17.8 Å². The predicted octanol–water partition coefficient (Wildman–Crippen LogP) is 3.39. The van der Waals surface area contributed by atoms with Crippen LogP contribution in [0.5, 0.6) is 0 Å². The molecule has 122 valence electrons. The molecule has 0 aliphatic rings. The number of amides is 1. The first kappa shape index (κ1) is 16.2. The Kier molecular flexibility index (Phi) is 4.62. The number of aromatic nitrogens is 2. The van der Waals surface area contributed by atoms with Gasteiger partial charge in [0, 0.05) is 22.5 Å². The van der Waals surface area contributed by atoms with Gasteiger partial charge in [0.15, 0.2) is 0 Å². The molecule has 0 aliphatic carbocycles. The van der Waals surface area contributed by atoms with Crippen molar-refractivity contribution in [2.75, 3.05) is 5.32 Å². The Bertz CT molecular complexity index is 966. The van der Waals surface area contributed by atoms with Crippen molar-refractivity contribution < 1.29 is 4.79 Å². The number of nitrogens with one attached hydrogen (secondary N) is 1. The highest BCUT2D eigenvalue weighted by molar-refractivity contribution is 6.31. The molecule has 0 spiro atoms. The molecule has 0 unspecified atom stereocenters. The summed E-state index contributed by atoms with van der Waals surface area (Å²) < 4.78 is 1.67. The number of anilines is 1. The molecule has 0 aliphatic heterocycles. The van der Waals surface area contributed by atoms with E-state index in [0.717, 1.165) is 11.1 Å². The molecule has 0 saturated carbocycles. The van der Waals surface area contributed by atoms with E-state index in [1.807, 2.05) is 37.3 Å². The molecule has 6 heteroatoms. The molecular formula is C18H16ClN3O2. The zero-order valence-corrected chi connectivity index (χ0v) is 13.9. The van der Waals surface area contributed by atoms with E-state index in [9.17, 15) is 9.59 Å². The van der Waals surface area contributed by atoms with Crippen LogP contribution in [0.4, 0.5) is 5.69 Å². The summed E-state index contributed by atoms with van der Waals surface area (Å²) in [6, 6.07) is 12.6. The molecule has 5 nitrogen and oxygen atoms in total. The third-order valence-corrected chi connectivity index (χ3v) is 4.18. The minimum Gasteiger partial charge on any atom is -0.326 e. The summed E-state index contributed by atoms with van der Waals surface area (Å²) in [6.07, 6.45) is 1.52. The van der Waals surface area contributed by atoms with Crippen LogP contribution in [0, 0.1) is 6.92 Å². The standard InChI is InChI=1S/C18H16ClN3O2/c1-12-6-7-13(10-15(12)19)21-18(24)8-9-22-16-5-3-2-4-14(16)17(23)11-20-22/h2-7,10-11H,8-9H2,1H3,(H,21,24). The van der Waals surface area contributed by atoms with E-state index in [2.05, 4.69) is 10.4 Å². The van der Waals surface area contributed by atoms with Crippen molar-refractivity contribution >= 4 is 34.1 Å². The number of benzene rings is 2. The number of hydrogen-bond donors (Lipinski definition) is 1. The number of fused-ring (bicyclic) bond motifs is 1. The van der Waals surface area contributed by atoms with Crippen molar-refractivity contribution in [2.45, 2.75) is 19.9 Å². The van der Waals surface area contributed by atoms with Crippen molar-refractivity contribution in [1.29, 1.82) is 0 Å². The lowest BCUT2D eigenvalue weighted by Crippen LogP contribution is -2.18. The highest BCUT2D eigenvalue weighted by Gasteiger charge is 2.07. The van der Waals surface area contributed by atoms with Gasteiger partial charge in [0.25, 0.3) is 0 Å². The maximum absolute atomic E-state index is 12.1. The topological polar surface area (TPSA) is 64.0 Å². The van der Waals surface area contributed by atoms with Gasteiger partial charge in [0.05, 0.1) is 18.3 Å². The van der Waals surface area contributed by atoms with Crippen LogP contribution in [-0.4, -0.2) is 15.7 Å². The van der Waals surface area contributed by atoms with Gasteiger partial charge in [-0.15, -0.1) is 0 Å². The summed E-state index contributed by atoms with van der Waals surface area (Å²) in [7, 11) is 0. The second-order valence-electron chi connectivity index (χ2n) is 5.51. The lowest BCUT2D eigenvalue weighted by atomic mass is 10.2. The molecule has 3 rings (SSSR count). The highest BCUT2D eigenvalue weighted by atomic mass is 35.5. The third-order valence-electron chi connectivity index (χ3n) is 3.77. The molecular weight excluding hydrogens is 326 g/mol. The molecule has 0 radical (unpaired) electrons. The summed E-state index contributed by atoms with van der Waals surface area (Å²) in [4.78, 5) is 23.9. The maximum atomic E-state index is 12.1. The van der Waals surface area contributed by atoms with Crippen LogP contribution in [0.3, 0.4) is 0 Å². The first-order valence-electron chi connectivity index (χ1n) is 7.55. The summed E-state index contributed by atoms with van der Waals surface area (Å²) in [6.45, 7) is 2.28. The Morgan fingerprint density at radius 1 is 1.25 bits per heavy atom. The van der Waals surface area contributed by atoms with Gasteiger partial charge in [-0.2, -0.15) is 5.10 Å². The van der Waals surface area contributed by atoms with Crippen molar-refractivity contribution in [3.05, 3.63) is 69.5 Å². The molecule has 1 aromatic heterocycles. The number of halogens is 1. The molecule has 2 aromatic carbocycles. The monoisotopic (exact) mass is 341 g/mol. The zero-order valence-electron chi connectivity index (χ0n) is 13.1. The molecule has 0 atom stereocenters. The predicted molar refractivity (Wildman–Crippen MR) is 95.4 cm³/mol. The Morgan fingerprint density at radius 2 is 2.04 bits per heavy atom. The Morgan fingerprint density at radius 3 is 2.83 bits per heavy atom. The van der Waals surface area contributed by atoms with E-state index < -0.39 is 0 Å². The average molecular weight is 342 g/mol. The van der Waals surface area contributed by atoms with E-state index >= 15 is 0 Å². The summed E-state index contributed by atoms with van der Waals surface area (Å²) in [5.41, 5.74) is 2.21. The van der Waals surface area contributed by atoms with Gasteiger partial charge >= 0.3 is 0 Å². The second kappa shape index (κ2) is 6.84. The van der Waals surface area contributed by atoms with Crippen molar-refractivity contribution in [2.24, 2.45) is 0 Å². The largest absolute Gasteiger partial charge is 0.326 e. The summed E-state index contributed by atoms with van der Waals surface area (Å²) in [5.74, 6) is -0.139. The first-order chi connectivity index (χ1) is 11.5. The molecule has 1 N–H and O–H groups in total. The number of nitrogens with zero attached hydrogens (tertiary/aromatic N) is 2. The average Bonchev–Trinajstić information content (AvgIpc) is 2.58. The zero-order chi connectivity index (χ0) is 17.1. The van der Waals surface area contributed by atoms with Gasteiger partial charge in [-0.1, -0.05) is 29.8 Å². The molecule has 0 saturated heterocycles. The minimum absolute atomic E-state index is 0.124. The van der Waals surface area contributed by atoms with Gasteiger partial charge in [-0.3, -0.25) is 14.3 Å². The van der Waals surface area contributed by atoms with Crippen LogP contribution in [0.1, 0.15) is 12.0 Å². The molecule has 0 bridgehead atoms. The van der Waals surface area contributed by atoms with E-state index in [0.29, 0.717) is 22.6 Å². The molecule has 0 fully saturated rings. The molecule has 3 aromatic rings. The minimum atomic E-state index is -0.139. The Balaban J connectivity index is 1.72. The lowest BCUT2D eigenvalue weighted by Gasteiger charge is -2.10. The number of carbonyl (C=O) groups excluding carboxylic acids is 1. The Hall–Kier alpha value is -2.66. The van der Waals surface area contributed by atoms with E-state index in [1.54, 1.807) is 16.8 Å². The van der Waals surface area contributed by atoms with Gasteiger partial charge in [0.1, 0.15) is 0 Å². The normalized spacial score (nSPS) is 10.8. The number of carbonyl (C=O) groups is 1. The molecule has 1 amide bonds. The van der Waals surface area contributed by atoms with Crippen LogP contribution < -0.4 is 10.7 Å². The van der Waals surface area contributed by atoms with Crippen LogP contribution in [-0.2, 0) is 11.3 Å². The van der Waals surface area contributed by atoms with E-state index in [4.69, 9.17) is 11.6 Å². The maximum Gasteiger partial charge on any atom is 0.226 e. The van der Waals surface area contributed by atoms with Crippen molar-refractivity contribution in [1.82, 2.24) is 9.78 Å². The molecule has 24 heavy (non-hydrogen) atoms. The number of para-hydroxylation sites is 1. The Labute approximate surface area is 143 Å². The van der Waals surface area contributed by atoms with Crippen molar-refractivity contribution in [3.8, 4) is 0 Å². The highest BCUT2D eigenvalue weighted by Crippen LogP contribution is 2.20. The van der Waals surface area contributed by atoms with Crippen LogP contribution >= 0.6 is 11.6 Å². The quantitative estimate of drug-likeness (QED) is 0.791. The summed E-state index contributed by atoms with van der Waals surface area (Å²) in [5, 5.41) is 8.14. The molecule has 1 heterocycles. The first-order valence-corrected chi connectivity index (χ1v) is 7.93. The second-order valence-corrected chi connectivity index (χ2v) is 5.92. The number of hydrogen-bond acceptors (Lipinski definition) is 3. The van der Waals surface area contributed by atoms with Crippen LogP contribution in [0.2, 0.25) is 5.02 Å². The van der Waals surface area contributed by atoms with Gasteiger partial charge in [-0.05, 0) is 36.8 Å². The van der Waals surface area contributed by atoms with E-state index in [1.165, 1.54) is 6.20 Å². The van der Waals surface area contributed by atoms with Gasteiger partial charge in [-0.25, -0.2) is 0 Å². The van der Waals surface area contributed by atoms with Gasteiger partial charge in [0.2, 0.25) is 11.3 Å². The number of aryl methyl sites for hydroxylation is 2. The summed E-state index contributed by atoms with van der Waals surface area (Å²) >= 11 is 6.06. The fourth-order valence-corrected chi connectivity index (χ4v) is 2.62.